The minimum atomic E-state index is 1.10. The zero-order chi connectivity index (χ0) is 21.4. The van der Waals surface area contributed by atoms with Gasteiger partial charge in [0.25, 0.3) is 0 Å². The van der Waals surface area contributed by atoms with Gasteiger partial charge < -0.3 is 0 Å². The molecule has 0 amide bonds. The molecule has 0 N–H and O–H groups in total. The third-order valence-corrected chi connectivity index (χ3v) is 7.59. The molecule has 30 heavy (non-hydrogen) atoms. The lowest BCUT2D eigenvalue weighted by Gasteiger charge is -2.21. The van der Waals surface area contributed by atoms with Crippen molar-refractivity contribution in [3.05, 3.63) is 6.92 Å². The summed E-state index contributed by atoms with van der Waals surface area (Å²) in [5.74, 6) is 1.10. The maximum atomic E-state index is 3.92. The van der Waals surface area contributed by atoms with Gasteiger partial charge in [-0.1, -0.05) is 187 Å². The Labute approximate surface area is 192 Å². The fourth-order valence-electron chi connectivity index (χ4n) is 5.44. The highest BCUT2D eigenvalue weighted by atomic mass is 14.2. The molecular weight excluding hydrogens is 360 g/mol. The minimum absolute atomic E-state index is 1.10. The molecule has 0 bridgehead atoms. The predicted octanol–water partition coefficient (Wildman–Crippen LogP) is 11.4. The molecule has 179 valence electrons. The van der Waals surface area contributed by atoms with Gasteiger partial charge in [-0.05, 0) is 5.92 Å². The van der Waals surface area contributed by atoms with E-state index in [2.05, 4.69) is 6.92 Å². The van der Waals surface area contributed by atoms with Gasteiger partial charge in [0, 0.05) is 0 Å². The van der Waals surface area contributed by atoms with Crippen LogP contribution in [0.1, 0.15) is 180 Å². The quantitative estimate of drug-likeness (QED) is 0.144. The van der Waals surface area contributed by atoms with Crippen LogP contribution in [0.2, 0.25) is 0 Å². The van der Waals surface area contributed by atoms with Gasteiger partial charge in [-0.25, -0.2) is 0 Å². The topological polar surface area (TPSA) is 0 Å². The Hall–Kier alpha value is 0. The molecule has 0 unspecified atom stereocenters. The molecule has 0 aliphatic heterocycles. The molecule has 1 rings (SSSR count). The van der Waals surface area contributed by atoms with Crippen LogP contribution in [0.25, 0.3) is 0 Å². The first-order valence-corrected chi connectivity index (χ1v) is 14.7. The molecule has 0 spiro atoms. The predicted molar refractivity (Wildman–Crippen MR) is 138 cm³/mol. The second-order valence-corrected chi connectivity index (χ2v) is 10.6. The van der Waals surface area contributed by atoms with Gasteiger partial charge in [0.15, 0.2) is 0 Å². The van der Waals surface area contributed by atoms with E-state index in [1.807, 2.05) is 0 Å². The van der Waals surface area contributed by atoms with Gasteiger partial charge in [-0.15, -0.1) is 0 Å². The number of rotatable bonds is 23. The smallest absolute Gasteiger partial charge is 0.0414 e. The van der Waals surface area contributed by atoms with E-state index in [1.54, 1.807) is 0 Å². The molecular formula is C30H59. The van der Waals surface area contributed by atoms with Crippen molar-refractivity contribution in [1.82, 2.24) is 0 Å². The van der Waals surface area contributed by atoms with Crippen molar-refractivity contribution in [2.24, 2.45) is 5.92 Å². The average molecular weight is 420 g/mol. The van der Waals surface area contributed by atoms with Crippen LogP contribution in [0.4, 0.5) is 0 Å². The lowest BCUT2D eigenvalue weighted by Crippen LogP contribution is -2.05. The summed E-state index contributed by atoms with van der Waals surface area (Å²) in [5.41, 5.74) is 0. The molecule has 0 aromatic carbocycles. The van der Waals surface area contributed by atoms with Gasteiger partial charge in [-0.3, -0.25) is 0 Å². The SMILES string of the molecule is [CH2]CCCCCCCCCCCCCCCCCCCCCCCC1CCCCC1. The molecule has 1 aliphatic rings. The van der Waals surface area contributed by atoms with Gasteiger partial charge >= 0.3 is 0 Å². The second kappa shape index (κ2) is 23.7. The summed E-state index contributed by atoms with van der Waals surface area (Å²) in [7, 11) is 0. The fraction of sp³-hybridized carbons (Fsp3) is 0.967. The Morgan fingerprint density at radius 1 is 0.367 bits per heavy atom. The highest BCUT2D eigenvalue weighted by Crippen LogP contribution is 2.28. The Balaban J connectivity index is 1.63. The molecule has 0 atom stereocenters. The van der Waals surface area contributed by atoms with Gasteiger partial charge in [0.1, 0.15) is 0 Å². The van der Waals surface area contributed by atoms with Gasteiger partial charge in [0.2, 0.25) is 0 Å². The molecule has 1 saturated carbocycles. The Morgan fingerprint density at radius 3 is 1.00 bits per heavy atom. The van der Waals surface area contributed by atoms with Gasteiger partial charge in [-0.2, -0.15) is 0 Å². The van der Waals surface area contributed by atoms with Crippen molar-refractivity contribution in [3.8, 4) is 0 Å². The van der Waals surface area contributed by atoms with Crippen molar-refractivity contribution < 1.29 is 0 Å². The largest absolute Gasteiger partial charge is 0.0533 e. The van der Waals surface area contributed by atoms with E-state index >= 15 is 0 Å². The van der Waals surface area contributed by atoms with E-state index in [0.29, 0.717) is 0 Å². The highest BCUT2D eigenvalue weighted by molar-refractivity contribution is 4.65. The number of unbranched alkanes of at least 4 members (excludes halogenated alkanes) is 21. The zero-order valence-corrected chi connectivity index (χ0v) is 21.1. The van der Waals surface area contributed by atoms with Crippen LogP contribution in [0.3, 0.4) is 0 Å². The molecule has 0 aromatic heterocycles. The average Bonchev–Trinajstić information content (AvgIpc) is 2.78. The summed E-state index contributed by atoms with van der Waals surface area (Å²) in [4.78, 5) is 0. The van der Waals surface area contributed by atoms with Crippen LogP contribution in [-0.2, 0) is 0 Å². The molecule has 1 radical (unpaired) electrons. The number of hydrogen-bond donors (Lipinski definition) is 0. The first-order valence-electron chi connectivity index (χ1n) is 14.7. The van der Waals surface area contributed by atoms with Crippen LogP contribution in [0, 0.1) is 12.8 Å². The normalized spacial score (nSPS) is 15.1. The highest BCUT2D eigenvalue weighted by Gasteiger charge is 2.12. The van der Waals surface area contributed by atoms with Crippen molar-refractivity contribution in [2.75, 3.05) is 0 Å². The summed E-state index contributed by atoms with van der Waals surface area (Å²) >= 11 is 0. The Morgan fingerprint density at radius 2 is 0.667 bits per heavy atom. The van der Waals surface area contributed by atoms with E-state index in [-0.39, 0.29) is 0 Å². The summed E-state index contributed by atoms with van der Waals surface area (Å²) < 4.78 is 0. The number of hydrogen-bond acceptors (Lipinski definition) is 0. The summed E-state index contributed by atoms with van der Waals surface area (Å²) in [6, 6.07) is 0. The fourth-order valence-corrected chi connectivity index (χ4v) is 5.44. The zero-order valence-electron chi connectivity index (χ0n) is 21.1. The molecule has 0 saturated heterocycles. The molecule has 1 fully saturated rings. The summed E-state index contributed by atoms with van der Waals surface area (Å²) in [6.07, 6.45) is 41.3. The summed E-state index contributed by atoms with van der Waals surface area (Å²) in [5, 5.41) is 0. The maximum Gasteiger partial charge on any atom is -0.0414 e. The van der Waals surface area contributed by atoms with Crippen LogP contribution in [-0.4, -0.2) is 0 Å². The van der Waals surface area contributed by atoms with E-state index in [4.69, 9.17) is 0 Å². The van der Waals surface area contributed by atoms with E-state index in [1.165, 1.54) is 173 Å². The monoisotopic (exact) mass is 419 g/mol. The van der Waals surface area contributed by atoms with Crippen LogP contribution in [0.15, 0.2) is 0 Å². The molecule has 1 aliphatic carbocycles. The van der Waals surface area contributed by atoms with Crippen LogP contribution >= 0.6 is 0 Å². The van der Waals surface area contributed by atoms with Crippen molar-refractivity contribution in [3.63, 3.8) is 0 Å². The van der Waals surface area contributed by atoms with E-state index < -0.39 is 0 Å². The lowest BCUT2D eigenvalue weighted by atomic mass is 9.85. The molecule has 0 nitrogen and oxygen atoms in total. The van der Waals surface area contributed by atoms with E-state index in [0.717, 1.165) is 12.3 Å². The van der Waals surface area contributed by atoms with Crippen molar-refractivity contribution in [1.29, 1.82) is 0 Å². The first-order chi connectivity index (χ1) is 14.9. The van der Waals surface area contributed by atoms with Crippen molar-refractivity contribution >= 4 is 0 Å². The third kappa shape index (κ3) is 19.9. The van der Waals surface area contributed by atoms with E-state index in [9.17, 15) is 0 Å². The minimum Gasteiger partial charge on any atom is -0.0533 e. The van der Waals surface area contributed by atoms with Crippen LogP contribution in [0.5, 0.6) is 0 Å². The third-order valence-electron chi connectivity index (χ3n) is 7.59. The standard InChI is InChI=1S/C30H59/c1-2-3-4-5-6-7-8-9-10-11-12-13-14-15-16-17-18-19-20-21-22-24-27-30-28-25-23-26-29-30/h30H,1-29H2. The first kappa shape index (κ1) is 28.0. The molecule has 0 heteroatoms. The van der Waals surface area contributed by atoms with Crippen LogP contribution < -0.4 is 0 Å². The summed E-state index contributed by atoms with van der Waals surface area (Å²) in [6.45, 7) is 3.92. The molecule has 0 heterocycles. The second-order valence-electron chi connectivity index (χ2n) is 10.6. The van der Waals surface area contributed by atoms with Gasteiger partial charge in [0.05, 0.1) is 0 Å². The van der Waals surface area contributed by atoms with Crippen molar-refractivity contribution in [2.45, 2.75) is 180 Å². The molecule has 0 aromatic rings. The maximum absolute atomic E-state index is 3.92. The Kier molecular flexibility index (Phi) is 22.1. The lowest BCUT2D eigenvalue weighted by molar-refractivity contribution is 0.328. The Bertz CT molecular complexity index is 301.